The monoisotopic (exact) mass is 336 g/mol. The van der Waals surface area contributed by atoms with Gasteiger partial charge in [0.05, 0.1) is 16.3 Å². The molecule has 0 fully saturated rings. The second-order valence-corrected chi connectivity index (χ2v) is 5.21. The van der Waals surface area contributed by atoms with Crippen molar-refractivity contribution in [2.75, 3.05) is 7.11 Å². The number of benzene rings is 2. The van der Waals surface area contributed by atoms with Crippen molar-refractivity contribution < 1.29 is 9.53 Å². The van der Waals surface area contributed by atoms with Gasteiger partial charge in [-0.15, -0.1) is 0 Å². The van der Waals surface area contributed by atoms with Crippen molar-refractivity contribution in [1.82, 2.24) is 5.43 Å². The molecule has 0 aliphatic rings. The van der Waals surface area contributed by atoms with Crippen LogP contribution in [0.25, 0.3) is 0 Å². The molecule has 2 aromatic carbocycles. The van der Waals surface area contributed by atoms with E-state index in [1.165, 1.54) is 13.3 Å². The average Bonchev–Trinajstić information content (AvgIpc) is 2.52. The molecular formula is C16H14Cl2N2O2. The zero-order chi connectivity index (χ0) is 15.9. The lowest BCUT2D eigenvalue weighted by Crippen LogP contribution is -2.26. The Morgan fingerprint density at radius 2 is 1.77 bits per heavy atom. The molecule has 1 N–H and O–H groups in total. The molecule has 4 nitrogen and oxygen atoms in total. The van der Waals surface area contributed by atoms with E-state index in [-0.39, 0.29) is 5.91 Å². The quantitative estimate of drug-likeness (QED) is 0.666. The van der Waals surface area contributed by atoms with Crippen LogP contribution < -0.4 is 5.43 Å². The van der Waals surface area contributed by atoms with Gasteiger partial charge in [-0.2, -0.15) is 5.10 Å². The Morgan fingerprint density at radius 1 is 1.14 bits per heavy atom. The first-order valence-corrected chi connectivity index (χ1v) is 7.23. The van der Waals surface area contributed by atoms with E-state index in [1.54, 1.807) is 18.2 Å². The van der Waals surface area contributed by atoms with Crippen LogP contribution in [0.4, 0.5) is 0 Å². The highest BCUT2D eigenvalue weighted by atomic mass is 35.5. The highest BCUT2D eigenvalue weighted by Gasteiger charge is 2.19. The van der Waals surface area contributed by atoms with Crippen LogP contribution >= 0.6 is 23.2 Å². The van der Waals surface area contributed by atoms with Gasteiger partial charge in [0.15, 0.2) is 6.10 Å². The third-order valence-corrected chi connectivity index (χ3v) is 3.60. The number of carbonyl (C=O) groups is 1. The zero-order valence-corrected chi connectivity index (χ0v) is 13.3. The predicted octanol–water partition coefficient (Wildman–Crippen LogP) is 3.83. The van der Waals surface area contributed by atoms with Crippen molar-refractivity contribution in [3.63, 3.8) is 0 Å². The fraction of sp³-hybridized carbons (Fsp3) is 0.125. The van der Waals surface area contributed by atoms with Gasteiger partial charge in [0.25, 0.3) is 5.91 Å². The Kier molecular flexibility index (Phi) is 5.95. The molecule has 1 unspecified atom stereocenters. The van der Waals surface area contributed by atoms with E-state index in [9.17, 15) is 4.79 Å². The van der Waals surface area contributed by atoms with Crippen LogP contribution in [0, 0.1) is 0 Å². The number of hydrogen-bond acceptors (Lipinski definition) is 3. The van der Waals surface area contributed by atoms with E-state index < -0.39 is 6.10 Å². The molecular weight excluding hydrogens is 323 g/mol. The number of nitrogens with zero attached hydrogens (tertiary/aromatic N) is 1. The molecule has 6 heteroatoms. The third kappa shape index (κ3) is 4.07. The van der Waals surface area contributed by atoms with Crippen LogP contribution in [0.5, 0.6) is 0 Å². The molecule has 0 aromatic heterocycles. The van der Waals surface area contributed by atoms with E-state index in [0.29, 0.717) is 15.6 Å². The molecule has 22 heavy (non-hydrogen) atoms. The number of hydrogen-bond donors (Lipinski definition) is 1. The normalized spacial score (nSPS) is 12.3. The summed E-state index contributed by atoms with van der Waals surface area (Å²) in [5.74, 6) is -0.381. The average molecular weight is 337 g/mol. The number of carbonyl (C=O) groups excluding carboxylic acids is 1. The molecule has 114 valence electrons. The molecule has 0 saturated heterocycles. The molecule has 0 radical (unpaired) electrons. The first kappa shape index (κ1) is 16.5. The summed E-state index contributed by atoms with van der Waals surface area (Å²) in [4.78, 5) is 12.1. The molecule has 0 aliphatic carbocycles. The van der Waals surface area contributed by atoms with Crippen molar-refractivity contribution in [3.8, 4) is 0 Å². The first-order chi connectivity index (χ1) is 10.6. The number of amides is 1. The molecule has 2 rings (SSSR count). The van der Waals surface area contributed by atoms with E-state index in [0.717, 1.165) is 5.56 Å². The van der Waals surface area contributed by atoms with Gasteiger partial charge in [0, 0.05) is 12.7 Å². The van der Waals surface area contributed by atoms with Gasteiger partial charge in [-0.25, -0.2) is 5.43 Å². The molecule has 2 aromatic rings. The second kappa shape index (κ2) is 7.94. The fourth-order valence-corrected chi connectivity index (χ4v) is 2.37. The molecule has 0 bridgehead atoms. The molecule has 0 saturated carbocycles. The maximum atomic E-state index is 12.1. The topological polar surface area (TPSA) is 50.7 Å². The molecule has 0 spiro atoms. The van der Waals surface area contributed by atoms with Crippen LogP contribution in [0.15, 0.2) is 53.6 Å². The number of nitrogens with one attached hydrogen (secondary N) is 1. The maximum Gasteiger partial charge on any atom is 0.273 e. The number of ether oxygens (including phenoxy) is 1. The molecule has 1 atom stereocenters. The van der Waals surface area contributed by atoms with Gasteiger partial charge in [0.1, 0.15) is 0 Å². The number of hydrazone groups is 1. The summed E-state index contributed by atoms with van der Waals surface area (Å²) in [5, 5.41) is 4.79. The van der Waals surface area contributed by atoms with E-state index >= 15 is 0 Å². The zero-order valence-electron chi connectivity index (χ0n) is 11.8. The lowest BCUT2D eigenvalue weighted by Gasteiger charge is -2.13. The van der Waals surface area contributed by atoms with Gasteiger partial charge in [0.2, 0.25) is 0 Å². The lowest BCUT2D eigenvalue weighted by atomic mass is 10.1. The molecule has 1 amide bonds. The largest absolute Gasteiger partial charge is 0.367 e. The minimum Gasteiger partial charge on any atom is -0.367 e. The summed E-state index contributed by atoms with van der Waals surface area (Å²) in [5.41, 5.74) is 3.71. The summed E-state index contributed by atoms with van der Waals surface area (Å²) >= 11 is 12.0. The van der Waals surface area contributed by atoms with Crippen LogP contribution in [0.3, 0.4) is 0 Å². The standard InChI is InChI=1S/C16H14Cl2N2O2/c1-22-15(11-6-3-2-4-7-11)16(21)20-19-10-12-13(17)8-5-9-14(12)18/h2-10,15H,1H3,(H,20,21). The molecule has 0 aliphatic heterocycles. The van der Waals surface area contributed by atoms with Gasteiger partial charge in [-0.1, -0.05) is 59.6 Å². The summed E-state index contributed by atoms with van der Waals surface area (Å²) in [6.45, 7) is 0. The van der Waals surface area contributed by atoms with Gasteiger partial charge in [-0.3, -0.25) is 4.79 Å². The SMILES string of the molecule is COC(C(=O)NN=Cc1c(Cl)cccc1Cl)c1ccccc1. The fourth-order valence-electron chi connectivity index (χ4n) is 1.88. The number of methoxy groups -OCH3 is 1. The van der Waals surface area contributed by atoms with E-state index in [4.69, 9.17) is 27.9 Å². The summed E-state index contributed by atoms with van der Waals surface area (Å²) in [6, 6.07) is 14.3. The van der Waals surface area contributed by atoms with Crippen LogP contribution in [0.1, 0.15) is 17.2 Å². The predicted molar refractivity (Wildman–Crippen MR) is 88.4 cm³/mol. The van der Waals surface area contributed by atoms with Crippen LogP contribution in [-0.4, -0.2) is 19.2 Å². The minimum absolute atomic E-state index is 0.381. The third-order valence-electron chi connectivity index (χ3n) is 2.94. The van der Waals surface area contributed by atoms with Crippen molar-refractivity contribution >= 4 is 35.3 Å². The smallest absolute Gasteiger partial charge is 0.273 e. The van der Waals surface area contributed by atoms with E-state index in [2.05, 4.69) is 10.5 Å². The van der Waals surface area contributed by atoms with Crippen molar-refractivity contribution in [1.29, 1.82) is 0 Å². The van der Waals surface area contributed by atoms with Gasteiger partial charge < -0.3 is 4.74 Å². The summed E-state index contributed by atoms with van der Waals surface area (Å²) < 4.78 is 5.21. The number of halogens is 2. The maximum absolute atomic E-state index is 12.1. The Balaban J connectivity index is 2.07. The highest BCUT2D eigenvalue weighted by Crippen LogP contribution is 2.22. The Bertz CT molecular complexity index is 655. The highest BCUT2D eigenvalue weighted by molar-refractivity contribution is 6.38. The Labute approximate surface area is 138 Å². The van der Waals surface area contributed by atoms with E-state index in [1.807, 2.05) is 30.3 Å². The summed E-state index contributed by atoms with van der Waals surface area (Å²) in [6.07, 6.45) is 0.667. The van der Waals surface area contributed by atoms with Crippen LogP contribution in [-0.2, 0) is 9.53 Å². The lowest BCUT2D eigenvalue weighted by molar-refractivity contribution is -0.131. The van der Waals surface area contributed by atoms with Crippen LogP contribution in [0.2, 0.25) is 10.0 Å². The summed E-state index contributed by atoms with van der Waals surface area (Å²) in [7, 11) is 1.46. The van der Waals surface area contributed by atoms with Crippen molar-refractivity contribution in [2.24, 2.45) is 5.10 Å². The van der Waals surface area contributed by atoms with Crippen molar-refractivity contribution in [3.05, 3.63) is 69.7 Å². The Hall–Kier alpha value is -1.88. The first-order valence-electron chi connectivity index (χ1n) is 6.48. The van der Waals surface area contributed by atoms with Gasteiger partial charge in [-0.05, 0) is 17.7 Å². The van der Waals surface area contributed by atoms with Gasteiger partial charge >= 0.3 is 0 Å². The molecule has 0 heterocycles. The Morgan fingerprint density at radius 3 is 2.36 bits per heavy atom. The minimum atomic E-state index is -0.736. The van der Waals surface area contributed by atoms with Crippen molar-refractivity contribution in [2.45, 2.75) is 6.10 Å². The number of rotatable bonds is 5. The second-order valence-electron chi connectivity index (χ2n) is 4.40.